The van der Waals surface area contributed by atoms with Crippen molar-refractivity contribution in [2.75, 3.05) is 45.2 Å². The molecule has 3 fully saturated rings. The van der Waals surface area contributed by atoms with E-state index in [1.54, 1.807) is 0 Å². The van der Waals surface area contributed by atoms with E-state index in [2.05, 4.69) is 17.3 Å². The maximum Gasteiger partial charge on any atom is 0.227 e. The fraction of sp³-hybridized carbons (Fsp3) is 0.667. The Morgan fingerprint density at radius 3 is 2.66 bits per heavy atom. The lowest BCUT2D eigenvalue weighted by Crippen LogP contribution is -2.50. The van der Waals surface area contributed by atoms with Gasteiger partial charge in [0.1, 0.15) is 18.0 Å². The number of ether oxygens (including phenoxy) is 2. The van der Waals surface area contributed by atoms with Gasteiger partial charge in [0.15, 0.2) is 0 Å². The zero-order chi connectivity index (χ0) is 22.2. The number of amides is 2. The number of nitrogens with one attached hydrogen (secondary N) is 1. The molecule has 2 amide bonds. The zero-order valence-electron chi connectivity index (χ0n) is 18.7. The molecule has 0 spiro atoms. The Morgan fingerprint density at radius 2 is 1.97 bits per heavy atom. The quantitative estimate of drug-likeness (QED) is 0.718. The van der Waals surface area contributed by atoms with E-state index in [-0.39, 0.29) is 42.5 Å². The van der Waals surface area contributed by atoms with Gasteiger partial charge in [-0.25, -0.2) is 0 Å². The van der Waals surface area contributed by atoms with Gasteiger partial charge in [-0.15, -0.1) is 0 Å². The van der Waals surface area contributed by atoms with Crippen LogP contribution in [0.25, 0.3) is 0 Å². The van der Waals surface area contributed by atoms with Gasteiger partial charge in [-0.3, -0.25) is 9.59 Å². The van der Waals surface area contributed by atoms with Crippen molar-refractivity contribution in [2.24, 2.45) is 5.92 Å². The molecule has 1 aromatic rings. The maximum absolute atomic E-state index is 12.9. The molecule has 2 N–H and O–H groups in total. The Hall–Kier alpha value is -2.16. The molecule has 1 saturated carbocycles. The average Bonchev–Trinajstić information content (AvgIpc) is 3.10. The fourth-order valence-electron chi connectivity index (χ4n) is 5.26. The second-order valence-electron chi connectivity index (χ2n) is 9.66. The van der Waals surface area contributed by atoms with Crippen LogP contribution in [0.4, 0.5) is 5.69 Å². The first-order valence-electron chi connectivity index (χ1n) is 11.9. The van der Waals surface area contributed by atoms with Gasteiger partial charge in [-0.1, -0.05) is 6.42 Å². The molecule has 1 aromatic carbocycles. The van der Waals surface area contributed by atoms with E-state index >= 15 is 0 Å². The van der Waals surface area contributed by atoms with Gasteiger partial charge in [-0.2, -0.15) is 0 Å². The number of hydrogen-bond acceptors (Lipinski definition) is 6. The fourth-order valence-corrected chi connectivity index (χ4v) is 5.26. The molecule has 0 unspecified atom stereocenters. The van der Waals surface area contributed by atoms with E-state index in [1.165, 1.54) is 0 Å². The number of hydrogen-bond donors (Lipinski definition) is 2. The first-order valence-corrected chi connectivity index (χ1v) is 11.9. The van der Waals surface area contributed by atoms with E-state index in [9.17, 15) is 14.7 Å². The molecule has 0 radical (unpaired) electrons. The summed E-state index contributed by atoms with van der Waals surface area (Å²) in [7, 11) is 2.07. The SMILES string of the molecule is CN1CCN(C(=O)C[C@@H]2C[C@H]3c4cc(NC(=O)C5CCC5)ccc4O[C@H]3[C@@H](CO)O2)CC1. The summed E-state index contributed by atoms with van der Waals surface area (Å²) < 4.78 is 12.2. The molecule has 3 aliphatic heterocycles. The first kappa shape index (κ1) is 21.7. The lowest BCUT2D eigenvalue weighted by atomic mass is 9.83. The summed E-state index contributed by atoms with van der Waals surface area (Å²) in [5.41, 5.74) is 1.81. The van der Waals surface area contributed by atoms with E-state index in [4.69, 9.17) is 9.47 Å². The van der Waals surface area contributed by atoms with E-state index in [0.29, 0.717) is 12.8 Å². The van der Waals surface area contributed by atoms with Crippen molar-refractivity contribution < 1.29 is 24.2 Å². The van der Waals surface area contributed by atoms with Crippen molar-refractivity contribution in [3.05, 3.63) is 23.8 Å². The second-order valence-corrected chi connectivity index (χ2v) is 9.66. The number of anilines is 1. The number of aliphatic hydroxyl groups is 1. The van der Waals surface area contributed by atoms with Crippen molar-refractivity contribution in [3.63, 3.8) is 0 Å². The highest BCUT2D eigenvalue weighted by Gasteiger charge is 2.46. The van der Waals surface area contributed by atoms with Crippen LogP contribution in [-0.2, 0) is 14.3 Å². The molecule has 4 aliphatic rings. The van der Waals surface area contributed by atoms with Gasteiger partial charge >= 0.3 is 0 Å². The van der Waals surface area contributed by atoms with Crippen LogP contribution in [0.1, 0.15) is 43.6 Å². The number of rotatable bonds is 5. The third kappa shape index (κ3) is 4.23. The Balaban J connectivity index is 1.28. The monoisotopic (exact) mass is 443 g/mol. The summed E-state index contributed by atoms with van der Waals surface area (Å²) in [4.78, 5) is 29.4. The van der Waals surface area contributed by atoms with Gasteiger partial charge in [0.2, 0.25) is 11.8 Å². The minimum atomic E-state index is -0.473. The van der Waals surface area contributed by atoms with Crippen LogP contribution < -0.4 is 10.1 Å². The molecular weight excluding hydrogens is 410 g/mol. The maximum atomic E-state index is 12.9. The summed E-state index contributed by atoms with van der Waals surface area (Å²) in [5.74, 6) is 1.12. The predicted octanol–water partition coefficient (Wildman–Crippen LogP) is 1.58. The standard InChI is InChI=1S/C24H33N3O5/c1-26-7-9-27(10-8-26)22(29)13-17-12-19-18-11-16(25-24(30)15-3-2-4-15)5-6-20(18)32-23(19)21(14-28)31-17/h5-6,11,15,17,19,21,23,28H,2-4,7-10,12-14H2,1H3,(H,25,30)/t17-,19-,21+,23+/m0/s1. The highest BCUT2D eigenvalue weighted by molar-refractivity contribution is 5.93. The van der Waals surface area contributed by atoms with Crippen molar-refractivity contribution in [3.8, 4) is 5.75 Å². The minimum absolute atomic E-state index is 0.0294. The lowest BCUT2D eigenvalue weighted by Gasteiger charge is -2.38. The van der Waals surface area contributed by atoms with Crippen LogP contribution in [0, 0.1) is 5.92 Å². The number of benzene rings is 1. The van der Waals surface area contributed by atoms with Crippen LogP contribution in [0.3, 0.4) is 0 Å². The van der Waals surface area contributed by atoms with Crippen molar-refractivity contribution in [1.29, 1.82) is 0 Å². The molecule has 174 valence electrons. The molecule has 0 aromatic heterocycles. The Morgan fingerprint density at radius 1 is 1.19 bits per heavy atom. The number of likely N-dealkylation sites (N-methyl/N-ethyl adjacent to an activating group) is 1. The molecule has 8 nitrogen and oxygen atoms in total. The van der Waals surface area contributed by atoms with Crippen molar-refractivity contribution in [1.82, 2.24) is 9.80 Å². The van der Waals surface area contributed by atoms with Crippen molar-refractivity contribution >= 4 is 17.5 Å². The summed E-state index contributed by atoms with van der Waals surface area (Å²) in [6.45, 7) is 3.11. The van der Waals surface area contributed by atoms with Gasteiger partial charge < -0.3 is 29.7 Å². The largest absolute Gasteiger partial charge is 0.487 e. The first-order chi connectivity index (χ1) is 15.5. The Bertz CT molecular complexity index is 865. The minimum Gasteiger partial charge on any atom is -0.487 e. The highest BCUT2D eigenvalue weighted by atomic mass is 16.6. The Labute approximate surface area is 188 Å². The number of piperazine rings is 1. The smallest absolute Gasteiger partial charge is 0.227 e. The highest BCUT2D eigenvalue weighted by Crippen LogP contribution is 2.47. The number of carbonyl (C=O) groups is 2. The summed E-state index contributed by atoms with van der Waals surface area (Å²) in [6.07, 6.45) is 3.01. The van der Waals surface area contributed by atoms with Crippen LogP contribution >= 0.6 is 0 Å². The lowest BCUT2D eigenvalue weighted by molar-refractivity contribution is -0.150. The molecule has 5 rings (SSSR count). The predicted molar refractivity (Wildman–Crippen MR) is 119 cm³/mol. The van der Waals surface area contributed by atoms with Crippen molar-refractivity contribution in [2.45, 2.75) is 56.3 Å². The van der Waals surface area contributed by atoms with Gasteiger partial charge in [-0.05, 0) is 44.5 Å². The van der Waals surface area contributed by atoms with E-state index in [0.717, 1.165) is 62.4 Å². The molecule has 32 heavy (non-hydrogen) atoms. The molecule has 2 saturated heterocycles. The molecule has 1 aliphatic carbocycles. The molecule has 8 heteroatoms. The van der Waals surface area contributed by atoms with Crippen LogP contribution in [0.2, 0.25) is 0 Å². The average molecular weight is 444 g/mol. The summed E-state index contributed by atoms with van der Waals surface area (Å²) >= 11 is 0. The van der Waals surface area contributed by atoms with Crippen LogP contribution in [0.5, 0.6) is 5.75 Å². The van der Waals surface area contributed by atoms with Crippen LogP contribution in [0.15, 0.2) is 18.2 Å². The summed E-state index contributed by atoms with van der Waals surface area (Å²) in [6, 6.07) is 5.76. The topological polar surface area (TPSA) is 91.3 Å². The second kappa shape index (κ2) is 9.00. The van der Waals surface area contributed by atoms with E-state index in [1.807, 2.05) is 23.1 Å². The third-order valence-corrected chi connectivity index (χ3v) is 7.50. The molecular formula is C24H33N3O5. The number of carbonyl (C=O) groups excluding carboxylic acids is 2. The zero-order valence-corrected chi connectivity index (χ0v) is 18.7. The molecule has 4 atom stereocenters. The van der Waals surface area contributed by atoms with Crippen LogP contribution in [-0.4, -0.2) is 84.9 Å². The summed E-state index contributed by atoms with van der Waals surface area (Å²) in [5, 5.41) is 13.0. The van der Waals surface area contributed by atoms with E-state index < -0.39 is 6.10 Å². The Kier molecular flexibility index (Phi) is 6.09. The van der Waals surface area contributed by atoms with Gasteiger partial charge in [0.25, 0.3) is 0 Å². The number of fused-ring (bicyclic) bond motifs is 3. The van der Waals surface area contributed by atoms with Gasteiger partial charge in [0, 0.05) is 49.3 Å². The third-order valence-electron chi connectivity index (χ3n) is 7.50. The molecule has 3 heterocycles. The molecule has 0 bridgehead atoms. The normalized spacial score (nSPS) is 30.1. The number of aliphatic hydroxyl groups excluding tert-OH is 1. The van der Waals surface area contributed by atoms with Gasteiger partial charge in [0.05, 0.1) is 19.1 Å². The number of nitrogens with zero attached hydrogens (tertiary/aromatic N) is 2.